The lowest BCUT2D eigenvalue weighted by Crippen LogP contribution is -2.31. The predicted octanol–water partition coefficient (Wildman–Crippen LogP) is 2.90. The van der Waals surface area contributed by atoms with E-state index in [2.05, 4.69) is 16.9 Å². The minimum absolute atomic E-state index is 0.0722. The van der Waals surface area contributed by atoms with E-state index in [0.717, 1.165) is 36.0 Å². The summed E-state index contributed by atoms with van der Waals surface area (Å²) in [6, 6.07) is 3.77. The number of hydrogen-bond acceptors (Lipinski definition) is 4. The summed E-state index contributed by atoms with van der Waals surface area (Å²) in [7, 11) is 1.98. The molecule has 1 fully saturated rings. The molecule has 0 aromatic carbocycles. The number of carbonyl (C=O) groups excluding carboxylic acids is 1. The third kappa shape index (κ3) is 2.88. The first-order chi connectivity index (χ1) is 10.7. The predicted molar refractivity (Wildman–Crippen MR) is 86.9 cm³/mol. The number of nitrogens with zero attached hydrogens (tertiary/aromatic N) is 4. The number of rotatable bonds is 4. The molecule has 0 N–H and O–H groups in total. The zero-order valence-corrected chi connectivity index (χ0v) is 13.7. The standard InChI is InChI=1S/C16H20N4OS/c1-3-22-14-11-12(6-7-17-14)16(21)20-9-4-5-13(20)15-18-8-10-19(15)2/h6-8,10-11,13H,3-5,9H2,1-2H3/t13-/m1/s1. The van der Waals surface area contributed by atoms with Crippen molar-refractivity contribution in [3.05, 3.63) is 42.1 Å². The summed E-state index contributed by atoms with van der Waals surface area (Å²) in [5, 5.41) is 0.904. The second-order valence-electron chi connectivity index (χ2n) is 5.37. The van der Waals surface area contributed by atoms with Gasteiger partial charge in [0, 0.05) is 37.7 Å². The summed E-state index contributed by atoms with van der Waals surface area (Å²) in [4.78, 5) is 23.5. The second-order valence-corrected chi connectivity index (χ2v) is 6.65. The van der Waals surface area contributed by atoms with E-state index in [4.69, 9.17) is 0 Å². The van der Waals surface area contributed by atoms with Crippen LogP contribution in [0, 0.1) is 0 Å². The molecule has 6 heteroatoms. The Morgan fingerprint density at radius 3 is 3.00 bits per heavy atom. The average molecular weight is 316 g/mol. The summed E-state index contributed by atoms with van der Waals surface area (Å²) in [6.07, 6.45) is 7.43. The van der Waals surface area contributed by atoms with E-state index in [1.54, 1.807) is 30.2 Å². The van der Waals surface area contributed by atoms with Crippen molar-refractivity contribution in [1.82, 2.24) is 19.4 Å². The fourth-order valence-corrected chi connectivity index (χ4v) is 3.55. The summed E-state index contributed by atoms with van der Waals surface area (Å²) in [6.45, 7) is 2.87. The highest BCUT2D eigenvalue weighted by molar-refractivity contribution is 7.99. The molecular weight excluding hydrogens is 296 g/mol. The normalized spacial score (nSPS) is 17.9. The van der Waals surface area contributed by atoms with E-state index in [-0.39, 0.29) is 11.9 Å². The van der Waals surface area contributed by atoms with Crippen molar-refractivity contribution in [2.24, 2.45) is 7.05 Å². The van der Waals surface area contributed by atoms with Crippen LogP contribution in [0.3, 0.4) is 0 Å². The van der Waals surface area contributed by atoms with Crippen molar-refractivity contribution in [1.29, 1.82) is 0 Å². The maximum atomic E-state index is 12.9. The summed E-state index contributed by atoms with van der Waals surface area (Å²) >= 11 is 1.65. The van der Waals surface area contributed by atoms with Crippen LogP contribution in [0.5, 0.6) is 0 Å². The number of aryl methyl sites for hydroxylation is 1. The highest BCUT2D eigenvalue weighted by atomic mass is 32.2. The Labute approximate surface area is 134 Å². The minimum Gasteiger partial charge on any atom is -0.336 e. The summed E-state index contributed by atoms with van der Waals surface area (Å²) in [5.74, 6) is 1.98. The third-order valence-corrected chi connectivity index (χ3v) is 4.75. The van der Waals surface area contributed by atoms with Crippen LogP contribution < -0.4 is 0 Å². The van der Waals surface area contributed by atoms with Crippen LogP contribution in [0.15, 0.2) is 35.7 Å². The SMILES string of the molecule is CCSc1cc(C(=O)N2CCC[C@@H]2c2nccn2C)ccn1. The van der Waals surface area contributed by atoms with Crippen LogP contribution in [0.25, 0.3) is 0 Å². The Kier molecular flexibility index (Phi) is 4.47. The van der Waals surface area contributed by atoms with E-state index in [1.165, 1.54) is 0 Å². The van der Waals surface area contributed by atoms with Crippen LogP contribution in [0.1, 0.15) is 42.0 Å². The first-order valence-electron chi connectivity index (χ1n) is 7.57. The Bertz CT molecular complexity index is 670. The maximum Gasteiger partial charge on any atom is 0.254 e. The molecule has 0 saturated carbocycles. The van der Waals surface area contributed by atoms with Crippen molar-refractivity contribution < 1.29 is 4.79 Å². The van der Waals surface area contributed by atoms with Gasteiger partial charge in [-0.3, -0.25) is 4.79 Å². The van der Waals surface area contributed by atoms with Gasteiger partial charge in [0.15, 0.2) is 0 Å². The zero-order chi connectivity index (χ0) is 15.5. The largest absolute Gasteiger partial charge is 0.336 e. The van der Waals surface area contributed by atoms with Crippen LogP contribution in [-0.2, 0) is 7.05 Å². The number of thioether (sulfide) groups is 1. The highest BCUT2D eigenvalue weighted by Crippen LogP contribution is 2.32. The van der Waals surface area contributed by atoms with Gasteiger partial charge in [-0.05, 0) is 30.7 Å². The molecule has 0 radical (unpaired) electrons. The Morgan fingerprint density at radius 2 is 2.27 bits per heavy atom. The van der Waals surface area contributed by atoms with Crippen molar-refractivity contribution >= 4 is 17.7 Å². The smallest absolute Gasteiger partial charge is 0.254 e. The molecule has 3 heterocycles. The molecule has 2 aromatic heterocycles. The van der Waals surface area contributed by atoms with Gasteiger partial charge in [-0.1, -0.05) is 6.92 Å². The number of aromatic nitrogens is 3. The molecule has 1 amide bonds. The van der Waals surface area contributed by atoms with Crippen LogP contribution in [0.4, 0.5) is 0 Å². The molecular formula is C16H20N4OS. The molecule has 1 aliphatic heterocycles. The monoisotopic (exact) mass is 316 g/mol. The first-order valence-corrected chi connectivity index (χ1v) is 8.56. The molecule has 1 atom stereocenters. The highest BCUT2D eigenvalue weighted by Gasteiger charge is 2.32. The van der Waals surface area contributed by atoms with E-state index in [1.807, 2.05) is 28.8 Å². The lowest BCUT2D eigenvalue weighted by atomic mass is 10.2. The molecule has 0 aliphatic carbocycles. The molecule has 5 nitrogen and oxygen atoms in total. The minimum atomic E-state index is 0.0722. The number of likely N-dealkylation sites (tertiary alicyclic amines) is 1. The maximum absolute atomic E-state index is 12.9. The fourth-order valence-electron chi connectivity index (χ4n) is 2.91. The Hall–Kier alpha value is -1.82. The summed E-state index contributed by atoms with van der Waals surface area (Å²) < 4.78 is 2.00. The van der Waals surface area contributed by atoms with Gasteiger partial charge in [-0.2, -0.15) is 0 Å². The van der Waals surface area contributed by atoms with Gasteiger partial charge in [0.1, 0.15) is 5.82 Å². The average Bonchev–Trinajstić information content (AvgIpc) is 3.15. The number of imidazole rings is 1. The van der Waals surface area contributed by atoms with E-state index < -0.39 is 0 Å². The molecule has 1 aliphatic rings. The van der Waals surface area contributed by atoms with Gasteiger partial charge in [0.25, 0.3) is 5.91 Å². The molecule has 116 valence electrons. The number of pyridine rings is 1. The molecule has 1 saturated heterocycles. The molecule has 22 heavy (non-hydrogen) atoms. The molecule has 0 bridgehead atoms. The van der Waals surface area contributed by atoms with Crippen molar-refractivity contribution in [3.63, 3.8) is 0 Å². The van der Waals surface area contributed by atoms with Crippen molar-refractivity contribution in [2.75, 3.05) is 12.3 Å². The fraction of sp³-hybridized carbons (Fsp3) is 0.438. The van der Waals surface area contributed by atoms with Gasteiger partial charge in [0.2, 0.25) is 0 Å². The quantitative estimate of drug-likeness (QED) is 0.814. The first kappa shape index (κ1) is 15.1. The van der Waals surface area contributed by atoms with Crippen LogP contribution >= 0.6 is 11.8 Å². The van der Waals surface area contributed by atoms with Crippen molar-refractivity contribution in [2.45, 2.75) is 30.8 Å². The second kappa shape index (κ2) is 6.52. The molecule has 0 unspecified atom stereocenters. The Balaban J connectivity index is 1.85. The number of amides is 1. The number of carbonyl (C=O) groups is 1. The van der Waals surface area contributed by atoms with Crippen LogP contribution in [-0.4, -0.2) is 37.6 Å². The lowest BCUT2D eigenvalue weighted by Gasteiger charge is -2.24. The molecule has 3 rings (SSSR count). The van der Waals surface area contributed by atoms with Gasteiger partial charge >= 0.3 is 0 Å². The lowest BCUT2D eigenvalue weighted by molar-refractivity contribution is 0.0727. The third-order valence-electron chi connectivity index (χ3n) is 3.94. The van der Waals surface area contributed by atoms with Gasteiger partial charge < -0.3 is 9.47 Å². The molecule has 0 spiro atoms. The number of hydrogen-bond donors (Lipinski definition) is 0. The Morgan fingerprint density at radius 1 is 1.41 bits per heavy atom. The molecule has 2 aromatic rings. The zero-order valence-electron chi connectivity index (χ0n) is 12.9. The van der Waals surface area contributed by atoms with Crippen molar-refractivity contribution in [3.8, 4) is 0 Å². The van der Waals surface area contributed by atoms with Gasteiger partial charge in [-0.25, -0.2) is 9.97 Å². The van der Waals surface area contributed by atoms with E-state index in [0.29, 0.717) is 5.56 Å². The van der Waals surface area contributed by atoms with Gasteiger partial charge in [-0.15, -0.1) is 11.8 Å². The van der Waals surface area contributed by atoms with E-state index in [9.17, 15) is 4.79 Å². The van der Waals surface area contributed by atoms with Gasteiger partial charge in [0.05, 0.1) is 11.1 Å². The summed E-state index contributed by atoms with van der Waals surface area (Å²) in [5.41, 5.74) is 0.715. The van der Waals surface area contributed by atoms with Crippen LogP contribution in [0.2, 0.25) is 0 Å². The topological polar surface area (TPSA) is 51.0 Å². The van der Waals surface area contributed by atoms with E-state index >= 15 is 0 Å².